The van der Waals surface area contributed by atoms with Gasteiger partial charge in [-0.3, -0.25) is 4.79 Å². The Bertz CT molecular complexity index is 315. The number of primary amides is 1. The lowest BCUT2D eigenvalue weighted by atomic mass is 10.1. The normalized spacial score (nSPS) is 12.7. The second-order valence-corrected chi connectivity index (χ2v) is 3.42. The summed E-state index contributed by atoms with van der Waals surface area (Å²) in [6.45, 7) is 10.5. The molecule has 0 saturated carbocycles. The van der Waals surface area contributed by atoms with Gasteiger partial charge in [-0.25, -0.2) is 0 Å². The third-order valence-electron chi connectivity index (χ3n) is 2.22. The monoisotopic (exact) mass is 267 g/mol. The molecule has 0 radical (unpaired) electrons. The topological polar surface area (TPSA) is 52.3 Å². The molecular formula is C16H29NO2. The van der Waals surface area contributed by atoms with Crippen LogP contribution < -0.4 is 5.73 Å². The lowest BCUT2D eigenvalue weighted by Crippen LogP contribution is -2.13. The molecule has 1 aliphatic rings. The summed E-state index contributed by atoms with van der Waals surface area (Å²) in [4.78, 5) is 10.5. The Morgan fingerprint density at radius 2 is 1.89 bits per heavy atom. The Balaban J connectivity index is 0. The van der Waals surface area contributed by atoms with Crippen LogP contribution in [0.2, 0.25) is 0 Å². The van der Waals surface area contributed by atoms with Crippen LogP contribution in [0, 0.1) is 0 Å². The SMILES string of the molecule is CC.CC.CCC1=CC=C(OCCC(N)=O)C=CC1. The Morgan fingerprint density at radius 3 is 2.42 bits per heavy atom. The lowest BCUT2D eigenvalue weighted by molar-refractivity contribution is -0.118. The van der Waals surface area contributed by atoms with Crippen molar-refractivity contribution in [3.8, 4) is 0 Å². The number of ether oxygens (including phenoxy) is 1. The van der Waals surface area contributed by atoms with Crippen LogP contribution in [0.1, 0.15) is 53.9 Å². The second kappa shape index (κ2) is 14.6. The highest BCUT2D eigenvalue weighted by Gasteiger charge is 2.00. The molecule has 0 aromatic carbocycles. The zero-order chi connectivity index (χ0) is 15.1. The summed E-state index contributed by atoms with van der Waals surface area (Å²) >= 11 is 0. The fourth-order valence-electron chi connectivity index (χ4n) is 1.28. The second-order valence-electron chi connectivity index (χ2n) is 3.42. The van der Waals surface area contributed by atoms with Gasteiger partial charge in [-0.05, 0) is 25.0 Å². The first kappa shape index (κ1) is 19.8. The maximum atomic E-state index is 10.5. The van der Waals surface area contributed by atoms with E-state index in [-0.39, 0.29) is 12.3 Å². The van der Waals surface area contributed by atoms with Gasteiger partial charge in [0, 0.05) is 0 Å². The maximum Gasteiger partial charge on any atom is 0.220 e. The molecule has 1 amide bonds. The number of allylic oxidation sites excluding steroid dienone is 5. The first-order valence-electron chi connectivity index (χ1n) is 7.19. The van der Waals surface area contributed by atoms with E-state index < -0.39 is 0 Å². The molecule has 3 nitrogen and oxygen atoms in total. The van der Waals surface area contributed by atoms with E-state index in [1.807, 2.05) is 39.8 Å². The van der Waals surface area contributed by atoms with Gasteiger partial charge >= 0.3 is 0 Å². The van der Waals surface area contributed by atoms with Crippen molar-refractivity contribution in [1.29, 1.82) is 0 Å². The molecule has 0 spiro atoms. The van der Waals surface area contributed by atoms with Crippen LogP contribution in [0.15, 0.2) is 35.6 Å². The smallest absolute Gasteiger partial charge is 0.220 e. The van der Waals surface area contributed by atoms with Crippen LogP contribution in [-0.2, 0) is 9.53 Å². The van der Waals surface area contributed by atoms with Gasteiger partial charge in [0.2, 0.25) is 5.91 Å². The number of carbonyl (C=O) groups is 1. The molecule has 0 atom stereocenters. The molecule has 0 aliphatic heterocycles. The van der Waals surface area contributed by atoms with Crippen LogP contribution in [0.25, 0.3) is 0 Å². The summed E-state index contributed by atoms with van der Waals surface area (Å²) in [7, 11) is 0. The van der Waals surface area contributed by atoms with Gasteiger partial charge in [0.1, 0.15) is 5.76 Å². The fourth-order valence-corrected chi connectivity index (χ4v) is 1.28. The summed E-state index contributed by atoms with van der Waals surface area (Å²) in [6, 6.07) is 0. The van der Waals surface area contributed by atoms with Crippen LogP contribution in [-0.4, -0.2) is 12.5 Å². The Morgan fingerprint density at radius 1 is 1.26 bits per heavy atom. The quantitative estimate of drug-likeness (QED) is 0.815. The van der Waals surface area contributed by atoms with Crippen molar-refractivity contribution in [3.63, 3.8) is 0 Å². The lowest BCUT2D eigenvalue weighted by Gasteiger charge is -2.03. The van der Waals surface area contributed by atoms with Gasteiger partial charge in [0.25, 0.3) is 0 Å². The zero-order valence-electron chi connectivity index (χ0n) is 13.0. The number of amides is 1. The number of hydrogen-bond donors (Lipinski definition) is 1. The van der Waals surface area contributed by atoms with Crippen molar-refractivity contribution >= 4 is 5.91 Å². The molecule has 110 valence electrons. The van der Waals surface area contributed by atoms with E-state index in [4.69, 9.17) is 10.5 Å². The van der Waals surface area contributed by atoms with Crippen molar-refractivity contribution in [1.82, 2.24) is 0 Å². The van der Waals surface area contributed by atoms with Crippen molar-refractivity contribution in [3.05, 3.63) is 35.6 Å². The van der Waals surface area contributed by atoms with Gasteiger partial charge in [-0.2, -0.15) is 0 Å². The minimum atomic E-state index is -0.335. The number of hydrogen-bond acceptors (Lipinski definition) is 2. The highest BCUT2D eigenvalue weighted by Crippen LogP contribution is 2.14. The summed E-state index contributed by atoms with van der Waals surface area (Å²) in [6.07, 6.45) is 10.3. The fraction of sp³-hybridized carbons (Fsp3) is 0.562. The predicted octanol–water partition coefficient (Wildman–Crippen LogP) is 4.11. The molecule has 0 aromatic rings. The highest BCUT2D eigenvalue weighted by molar-refractivity contribution is 5.73. The van der Waals surface area contributed by atoms with E-state index in [0.717, 1.165) is 18.6 Å². The number of nitrogens with two attached hydrogens (primary N) is 1. The van der Waals surface area contributed by atoms with E-state index in [0.29, 0.717) is 6.61 Å². The molecular weight excluding hydrogens is 238 g/mol. The number of rotatable bonds is 5. The zero-order valence-corrected chi connectivity index (χ0v) is 13.0. The first-order chi connectivity index (χ1) is 9.22. The molecule has 0 bridgehead atoms. The molecule has 0 saturated heterocycles. The third-order valence-corrected chi connectivity index (χ3v) is 2.22. The summed E-state index contributed by atoms with van der Waals surface area (Å²) in [5.41, 5.74) is 6.39. The van der Waals surface area contributed by atoms with E-state index in [2.05, 4.69) is 19.1 Å². The third kappa shape index (κ3) is 11.3. The van der Waals surface area contributed by atoms with Crippen LogP contribution in [0.4, 0.5) is 0 Å². The predicted molar refractivity (Wildman–Crippen MR) is 82.7 cm³/mol. The molecule has 0 fully saturated rings. The Kier molecular flexibility index (Phi) is 15.2. The maximum absolute atomic E-state index is 10.5. The van der Waals surface area contributed by atoms with Crippen molar-refractivity contribution in [2.45, 2.75) is 53.9 Å². The average Bonchev–Trinajstić information content (AvgIpc) is 2.68. The molecule has 3 heteroatoms. The molecule has 0 aromatic heterocycles. The van der Waals surface area contributed by atoms with Gasteiger partial charge < -0.3 is 10.5 Å². The van der Waals surface area contributed by atoms with Gasteiger partial charge in [0.05, 0.1) is 13.0 Å². The largest absolute Gasteiger partial charge is 0.493 e. The van der Waals surface area contributed by atoms with E-state index >= 15 is 0 Å². The molecule has 0 unspecified atom stereocenters. The van der Waals surface area contributed by atoms with Crippen LogP contribution >= 0.6 is 0 Å². The first-order valence-corrected chi connectivity index (χ1v) is 7.19. The molecule has 1 aliphatic carbocycles. The van der Waals surface area contributed by atoms with Gasteiger partial charge in [0.15, 0.2) is 0 Å². The minimum Gasteiger partial charge on any atom is -0.493 e. The van der Waals surface area contributed by atoms with Crippen molar-refractivity contribution < 1.29 is 9.53 Å². The standard InChI is InChI=1S/C12H17NO2.2C2H6/c1-2-10-4-3-5-11(7-6-10)15-9-8-12(13)14;2*1-2/h3,5-7H,2,4,8-9H2,1H3,(H2,13,14);2*1-2H3. The van der Waals surface area contributed by atoms with E-state index in [1.165, 1.54) is 5.57 Å². The van der Waals surface area contributed by atoms with Crippen LogP contribution in [0.5, 0.6) is 0 Å². The molecule has 0 heterocycles. The molecule has 19 heavy (non-hydrogen) atoms. The van der Waals surface area contributed by atoms with Crippen molar-refractivity contribution in [2.24, 2.45) is 5.73 Å². The summed E-state index contributed by atoms with van der Waals surface area (Å²) in [5.74, 6) is 0.456. The minimum absolute atomic E-state index is 0.259. The van der Waals surface area contributed by atoms with Crippen LogP contribution in [0.3, 0.4) is 0 Å². The summed E-state index contributed by atoms with van der Waals surface area (Å²) < 4.78 is 5.40. The molecule has 1 rings (SSSR count). The van der Waals surface area contributed by atoms with Gasteiger partial charge in [-0.1, -0.05) is 52.3 Å². The Hall–Kier alpha value is -1.51. The molecule has 2 N–H and O–H groups in total. The van der Waals surface area contributed by atoms with Crippen molar-refractivity contribution in [2.75, 3.05) is 6.61 Å². The van der Waals surface area contributed by atoms with E-state index in [9.17, 15) is 4.79 Å². The summed E-state index contributed by atoms with van der Waals surface area (Å²) in [5, 5.41) is 0. The number of carbonyl (C=O) groups excluding carboxylic acids is 1. The van der Waals surface area contributed by atoms with Gasteiger partial charge in [-0.15, -0.1) is 0 Å². The van der Waals surface area contributed by atoms with E-state index in [1.54, 1.807) is 0 Å². The highest BCUT2D eigenvalue weighted by atomic mass is 16.5. The average molecular weight is 267 g/mol. The Labute approximate surface area is 118 Å².